The number of methoxy groups -OCH3 is 1. The van der Waals surface area contributed by atoms with Gasteiger partial charge in [0.2, 0.25) is 5.88 Å². The Balaban J connectivity index is 1.24. The Morgan fingerprint density at radius 2 is 2.10 bits per heavy atom. The second-order valence-corrected chi connectivity index (χ2v) is 7.41. The fraction of sp³-hybridized carbons (Fsp3) is 0.409. The number of fused-ring (bicyclic) bond motifs is 1. The lowest BCUT2D eigenvalue weighted by Crippen LogP contribution is -2.43. The van der Waals surface area contributed by atoms with Gasteiger partial charge in [0.15, 0.2) is 0 Å². The van der Waals surface area contributed by atoms with Crippen molar-refractivity contribution < 1.29 is 14.3 Å². The summed E-state index contributed by atoms with van der Waals surface area (Å²) >= 11 is 0. The molecule has 30 heavy (non-hydrogen) atoms. The number of likely N-dealkylation sites (tertiary alicyclic amines) is 1. The molecule has 4 rings (SSSR count). The number of amides is 2. The third-order valence-electron chi connectivity index (χ3n) is 5.48. The molecule has 1 saturated heterocycles. The highest BCUT2D eigenvalue weighted by molar-refractivity contribution is 5.80. The van der Waals surface area contributed by atoms with Gasteiger partial charge in [-0.15, -0.1) is 0 Å². The zero-order valence-corrected chi connectivity index (χ0v) is 17.1. The number of rotatable bonds is 7. The molecule has 0 spiro atoms. The van der Waals surface area contributed by atoms with Crippen LogP contribution < -0.4 is 10.1 Å². The van der Waals surface area contributed by atoms with Gasteiger partial charge in [-0.1, -0.05) is 6.07 Å². The number of urea groups is 1. The standard InChI is InChI=1S/C22H27N5O3/c1-29-11-12-30-20-5-4-16(13-24-20)14-26-22(28)27-9-6-17(7-10-27)19-15-25-21-18(19)3-2-8-23-21/h2-5,8,13,15,17H,6-7,9-12,14H2,1H3,(H,23,25)(H,26,28). The molecule has 0 atom stereocenters. The molecule has 0 bridgehead atoms. The van der Waals surface area contributed by atoms with Crippen molar-refractivity contribution in [3.63, 3.8) is 0 Å². The number of nitrogens with zero attached hydrogens (tertiary/aromatic N) is 3. The van der Waals surface area contributed by atoms with Gasteiger partial charge in [0.05, 0.1) is 6.61 Å². The first-order chi connectivity index (χ1) is 14.7. The molecule has 8 heteroatoms. The summed E-state index contributed by atoms with van der Waals surface area (Å²) < 4.78 is 10.4. The third-order valence-corrected chi connectivity index (χ3v) is 5.48. The summed E-state index contributed by atoms with van der Waals surface area (Å²) in [5.41, 5.74) is 3.16. The van der Waals surface area contributed by atoms with E-state index in [1.165, 1.54) is 10.9 Å². The summed E-state index contributed by atoms with van der Waals surface area (Å²) in [7, 11) is 1.63. The number of hydrogen-bond donors (Lipinski definition) is 2. The monoisotopic (exact) mass is 409 g/mol. The van der Waals surface area contributed by atoms with E-state index in [0.29, 0.717) is 31.6 Å². The molecule has 0 aliphatic carbocycles. The number of piperidine rings is 1. The van der Waals surface area contributed by atoms with Gasteiger partial charge in [-0.25, -0.2) is 14.8 Å². The largest absolute Gasteiger partial charge is 0.475 e. The molecule has 8 nitrogen and oxygen atoms in total. The van der Waals surface area contributed by atoms with Crippen molar-refractivity contribution in [3.05, 3.63) is 54.0 Å². The van der Waals surface area contributed by atoms with E-state index in [1.54, 1.807) is 25.6 Å². The van der Waals surface area contributed by atoms with Crippen LogP contribution in [-0.2, 0) is 11.3 Å². The van der Waals surface area contributed by atoms with E-state index in [4.69, 9.17) is 9.47 Å². The number of carbonyl (C=O) groups excluding carboxylic acids is 1. The van der Waals surface area contributed by atoms with Crippen LogP contribution in [0.1, 0.15) is 29.9 Å². The highest BCUT2D eigenvalue weighted by Crippen LogP contribution is 2.32. The maximum atomic E-state index is 12.6. The van der Waals surface area contributed by atoms with Gasteiger partial charge < -0.3 is 24.7 Å². The first kappa shape index (κ1) is 20.2. The molecule has 2 amide bonds. The molecule has 1 fully saturated rings. The van der Waals surface area contributed by atoms with E-state index >= 15 is 0 Å². The molecular formula is C22H27N5O3. The number of ether oxygens (including phenoxy) is 2. The van der Waals surface area contributed by atoms with E-state index in [0.717, 1.165) is 37.1 Å². The van der Waals surface area contributed by atoms with Crippen LogP contribution in [0.4, 0.5) is 4.79 Å². The molecule has 0 aromatic carbocycles. The van der Waals surface area contributed by atoms with Crippen molar-refractivity contribution in [2.45, 2.75) is 25.3 Å². The minimum absolute atomic E-state index is 0.0329. The number of hydrogen-bond acceptors (Lipinski definition) is 5. The lowest BCUT2D eigenvalue weighted by atomic mass is 9.89. The first-order valence-corrected chi connectivity index (χ1v) is 10.3. The van der Waals surface area contributed by atoms with Gasteiger partial charge >= 0.3 is 6.03 Å². The smallest absolute Gasteiger partial charge is 0.317 e. The van der Waals surface area contributed by atoms with E-state index in [2.05, 4.69) is 32.5 Å². The fourth-order valence-corrected chi connectivity index (χ4v) is 3.83. The van der Waals surface area contributed by atoms with E-state index in [-0.39, 0.29) is 6.03 Å². The molecule has 4 heterocycles. The molecule has 3 aromatic heterocycles. The highest BCUT2D eigenvalue weighted by atomic mass is 16.5. The number of aromatic amines is 1. The Labute approximate surface area is 175 Å². The van der Waals surface area contributed by atoms with Gasteiger partial charge in [0.25, 0.3) is 0 Å². The van der Waals surface area contributed by atoms with Crippen LogP contribution in [0.15, 0.2) is 42.9 Å². The lowest BCUT2D eigenvalue weighted by Gasteiger charge is -2.32. The normalized spacial score (nSPS) is 14.8. The predicted octanol–water partition coefficient (Wildman–Crippen LogP) is 3.07. The van der Waals surface area contributed by atoms with Crippen molar-refractivity contribution in [2.75, 3.05) is 33.4 Å². The van der Waals surface area contributed by atoms with Gasteiger partial charge in [0, 0.05) is 56.8 Å². The maximum absolute atomic E-state index is 12.6. The van der Waals surface area contributed by atoms with Crippen LogP contribution in [0.3, 0.4) is 0 Å². The summed E-state index contributed by atoms with van der Waals surface area (Å²) in [5.74, 6) is 0.999. The van der Waals surface area contributed by atoms with Crippen LogP contribution in [0.5, 0.6) is 5.88 Å². The van der Waals surface area contributed by atoms with Crippen LogP contribution in [0.2, 0.25) is 0 Å². The average Bonchev–Trinajstić information content (AvgIpc) is 3.23. The SMILES string of the molecule is COCCOc1ccc(CNC(=O)N2CCC(c3c[nH]c4ncccc34)CC2)cn1. The summed E-state index contributed by atoms with van der Waals surface area (Å²) in [6, 6.07) is 7.75. The minimum Gasteiger partial charge on any atom is -0.475 e. The van der Waals surface area contributed by atoms with Crippen molar-refractivity contribution in [1.82, 2.24) is 25.2 Å². The second-order valence-electron chi connectivity index (χ2n) is 7.41. The molecular weight excluding hydrogens is 382 g/mol. The Hall–Kier alpha value is -3.13. The quantitative estimate of drug-likeness (QED) is 0.585. The number of carbonyl (C=O) groups is 1. The zero-order chi connectivity index (χ0) is 20.8. The molecule has 1 aliphatic rings. The van der Waals surface area contributed by atoms with E-state index in [9.17, 15) is 4.79 Å². The summed E-state index contributed by atoms with van der Waals surface area (Å²) in [5, 5.41) is 4.17. The number of nitrogens with one attached hydrogen (secondary N) is 2. The Morgan fingerprint density at radius 1 is 1.23 bits per heavy atom. The third kappa shape index (κ3) is 4.71. The summed E-state index contributed by atoms with van der Waals surface area (Å²) in [6.07, 6.45) is 7.48. The lowest BCUT2D eigenvalue weighted by molar-refractivity contribution is 0.143. The van der Waals surface area contributed by atoms with Gasteiger partial charge in [-0.2, -0.15) is 0 Å². The molecule has 158 valence electrons. The van der Waals surface area contributed by atoms with Gasteiger partial charge in [0.1, 0.15) is 12.3 Å². The summed E-state index contributed by atoms with van der Waals surface area (Å²) in [6.45, 7) is 2.91. The van der Waals surface area contributed by atoms with E-state index in [1.807, 2.05) is 17.0 Å². The molecule has 0 radical (unpaired) electrons. The van der Waals surface area contributed by atoms with Crippen molar-refractivity contribution in [1.29, 1.82) is 0 Å². The summed E-state index contributed by atoms with van der Waals surface area (Å²) in [4.78, 5) is 26.3. The Kier molecular flexibility index (Phi) is 6.44. The number of pyridine rings is 2. The van der Waals surface area contributed by atoms with Crippen LogP contribution in [0.25, 0.3) is 11.0 Å². The van der Waals surface area contributed by atoms with Crippen LogP contribution in [-0.4, -0.2) is 59.3 Å². The molecule has 0 saturated carbocycles. The highest BCUT2D eigenvalue weighted by Gasteiger charge is 2.25. The van der Waals surface area contributed by atoms with E-state index < -0.39 is 0 Å². The second kappa shape index (κ2) is 9.58. The Morgan fingerprint density at radius 3 is 2.87 bits per heavy atom. The van der Waals surface area contributed by atoms with Gasteiger partial charge in [-0.3, -0.25) is 0 Å². The van der Waals surface area contributed by atoms with Crippen LogP contribution >= 0.6 is 0 Å². The van der Waals surface area contributed by atoms with Crippen molar-refractivity contribution in [3.8, 4) is 5.88 Å². The number of H-pyrrole nitrogens is 1. The first-order valence-electron chi connectivity index (χ1n) is 10.3. The predicted molar refractivity (Wildman–Crippen MR) is 113 cm³/mol. The van der Waals surface area contributed by atoms with Crippen molar-refractivity contribution >= 4 is 17.1 Å². The Bertz CT molecular complexity index is 964. The maximum Gasteiger partial charge on any atom is 0.317 e. The van der Waals surface area contributed by atoms with Crippen LogP contribution in [0, 0.1) is 0 Å². The fourth-order valence-electron chi connectivity index (χ4n) is 3.83. The molecule has 1 aliphatic heterocycles. The minimum atomic E-state index is -0.0329. The van der Waals surface area contributed by atoms with Crippen molar-refractivity contribution in [2.24, 2.45) is 0 Å². The molecule has 3 aromatic rings. The molecule has 2 N–H and O–H groups in total. The zero-order valence-electron chi connectivity index (χ0n) is 17.1. The van der Waals surface area contributed by atoms with Gasteiger partial charge in [-0.05, 0) is 42.0 Å². The number of aromatic nitrogens is 3. The topological polar surface area (TPSA) is 92.4 Å². The molecule has 0 unspecified atom stereocenters. The average molecular weight is 409 g/mol.